The Labute approximate surface area is 249 Å². The maximum Gasteiger partial charge on any atom is 0.186 e. The molecule has 4 aliphatic carbocycles. The van der Waals surface area contributed by atoms with Crippen molar-refractivity contribution in [3.05, 3.63) is 11.6 Å². The van der Waals surface area contributed by atoms with Gasteiger partial charge in [0.25, 0.3) is 0 Å². The second kappa shape index (κ2) is 12.5. The molecule has 41 heavy (non-hydrogen) atoms. The first-order valence-electron chi connectivity index (χ1n) is 17.1. The first-order chi connectivity index (χ1) is 19.4. The molecule has 5 aliphatic rings. The molecule has 6 heteroatoms. The maximum absolute atomic E-state index is 10.5. The molecule has 236 valence electrons. The van der Waals surface area contributed by atoms with Gasteiger partial charge >= 0.3 is 0 Å². The van der Waals surface area contributed by atoms with Crippen LogP contribution in [0.2, 0.25) is 0 Å². The highest BCUT2D eigenvalue weighted by Crippen LogP contribution is 2.67. The van der Waals surface area contributed by atoms with Gasteiger partial charge in [-0.25, -0.2) is 0 Å². The Bertz CT molecular complexity index is 918. The predicted molar refractivity (Wildman–Crippen MR) is 161 cm³/mol. The molecule has 0 amide bonds. The second-order valence-corrected chi connectivity index (χ2v) is 15.7. The molecule has 6 nitrogen and oxygen atoms in total. The van der Waals surface area contributed by atoms with Gasteiger partial charge in [-0.15, -0.1) is 0 Å². The Morgan fingerprint density at radius 3 is 2.39 bits per heavy atom. The van der Waals surface area contributed by atoms with Crippen LogP contribution in [-0.2, 0) is 9.47 Å². The topological polar surface area (TPSA) is 99.4 Å². The Morgan fingerprint density at radius 2 is 1.71 bits per heavy atom. The van der Waals surface area contributed by atoms with E-state index in [9.17, 15) is 20.4 Å². The summed E-state index contributed by atoms with van der Waals surface area (Å²) >= 11 is 0. The molecule has 1 aliphatic heterocycles. The SMILES string of the molecule is CC[C@@H](CC[C@H](C)C1CC[C@H]2[C@@H]3CC=C4C[C@@H](O[C@@H]5O[C@H](CO)[C@@H](O)[C@H](O)[C@H]5O)CC[C@@]4(C)[C@H]3CC[C@@]12C)C(C)C. The first kappa shape index (κ1) is 31.9. The minimum atomic E-state index is -1.40. The maximum atomic E-state index is 10.5. The highest BCUT2D eigenvalue weighted by Gasteiger charge is 2.59. The van der Waals surface area contributed by atoms with Crippen LogP contribution in [0, 0.1) is 52.3 Å². The smallest absolute Gasteiger partial charge is 0.186 e. The molecular formula is C35H60O6. The summed E-state index contributed by atoms with van der Waals surface area (Å²) in [6.07, 6.45) is 9.92. The number of hydrogen-bond donors (Lipinski definition) is 4. The summed E-state index contributed by atoms with van der Waals surface area (Å²) in [5.74, 6) is 5.66. The van der Waals surface area contributed by atoms with Crippen molar-refractivity contribution in [3.8, 4) is 0 Å². The van der Waals surface area contributed by atoms with E-state index in [0.29, 0.717) is 5.41 Å². The molecule has 14 atom stereocenters. The van der Waals surface area contributed by atoms with Gasteiger partial charge in [-0.2, -0.15) is 0 Å². The van der Waals surface area contributed by atoms with Gasteiger partial charge in [-0.1, -0.05) is 66.0 Å². The van der Waals surface area contributed by atoms with Gasteiger partial charge in [0.1, 0.15) is 24.4 Å². The van der Waals surface area contributed by atoms with Crippen LogP contribution in [0.4, 0.5) is 0 Å². The van der Waals surface area contributed by atoms with Crippen LogP contribution in [-0.4, -0.2) is 63.8 Å². The summed E-state index contributed by atoms with van der Waals surface area (Å²) in [6.45, 7) is 14.5. The van der Waals surface area contributed by atoms with Gasteiger partial charge in [-0.3, -0.25) is 0 Å². The van der Waals surface area contributed by atoms with Gasteiger partial charge in [-0.05, 0) is 110 Å². The van der Waals surface area contributed by atoms with Crippen LogP contribution < -0.4 is 0 Å². The summed E-state index contributed by atoms with van der Waals surface area (Å²) in [5, 5.41) is 40.4. The minimum Gasteiger partial charge on any atom is -0.394 e. The summed E-state index contributed by atoms with van der Waals surface area (Å²) in [4.78, 5) is 0. The zero-order chi connectivity index (χ0) is 29.7. The average molecular weight is 577 g/mol. The Balaban J connectivity index is 1.24. The van der Waals surface area contributed by atoms with Crippen LogP contribution >= 0.6 is 0 Å². The van der Waals surface area contributed by atoms with E-state index >= 15 is 0 Å². The molecule has 0 spiro atoms. The van der Waals surface area contributed by atoms with E-state index in [1.54, 1.807) is 0 Å². The highest BCUT2D eigenvalue weighted by atomic mass is 16.7. The standard InChI is InChI=1S/C35H60O6/c1-7-22(20(2)3)9-8-21(4)26-12-13-27-25-11-10-23-18-24(14-16-34(23,5)28(25)15-17-35(26,27)6)40-33-32(39)31(38)30(37)29(19-36)41-33/h10,20-22,24-33,36-39H,7-9,11-19H2,1-6H3/t21-,22-,24-,25-,26?,27-,28-,29+,30+,31-,32+,33+,34+,35-/m0/s1. The molecule has 0 bridgehead atoms. The van der Waals surface area contributed by atoms with Crippen LogP contribution in [0.3, 0.4) is 0 Å². The monoisotopic (exact) mass is 576 g/mol. The molecule has 0 aromatic heterocycles. The van der Waals surface area contributed by atoms with E-state index in [0.717, 1.165) is 60.7 Å². The van der Waals surface area contributed by atoms with Gasteiger partial charge in [0, 0.05) is 0 Å². The van der Waals surface area contributed by atoms with Crippen molar-refractivity contribution in [3.63, 3.8) is 0 Å². The summed E-state index contributed by atoms with van der Waals surface area (Å²) < 4.78 is 11.9. The van der Waals surface area contributed by atoms with E-state index in [4.69, 9.17) is 9.47 Å². The van der Waals surface area contributed by atoms with Crippen molar-refractivity contribution in [2.75, 3.05) is 6.61 Å². The molecule has 1 heterocycles. The third-order valence-corrected chi connectivity index (χ3v) is 13.5. The molecule has 0 aromatic rings. The normalized spacial score (nSPS) is 47.7. The lowest BCUT2D eigenvalue weighted by molar-refractivity contribution is -0.313. The number of fused-ring (bicyclic) bond motifs is 5. The zero-order valence-corrected chi connectivity index (χ0v) is 26.7. The summed E-state index contributed by atoms with van der Waals surface area (Å²) in [6, 6.07) is 0. The Hall–Kier alpha value is -0.500. The van der Waals surface area contributed by atoms with Gasteiger partial charge in [0.2, 0.25) is 0 Å². The Kier molecular flexibility index (Phi) is 9.71. The second-order valence-electron chi connectivity index (χ2n) is 15.7. The van der Waals surface area contributed by atoms with Crippen molar-refractivity contribution < 1.29 is 29.9 Å². The first-order valence-corrected chi connectivity index (χ1v) is 17.1. The molecule has 3 saturated carbocycles. The van der Waals surface area contributed by atoms with Crippen molar-refractivity contribution in [1.82, 2.24) is 0 Å². The van der Waals surface area contributed by atoms with E-state index in [1.807, 2.05) is 0 Å². The molecule has 1 unspecified atom stereocenters. The fourth-order valence-corrected chi connectivity index (χ4v) is 10.8. The number of aliphatic hydroxyl groups is 4. The van der Waals surface area contributed by atoms with E-state index < -0.39 is 37.3 Å². The highest BCUT2D eigenvalue weighted by molar-refractivity contribution is 5.25. The zero-order valence-electron chi connectivity index (χ0n) is 26.7. The van der Waals surface area contributed by atoms with Gasteiger partial charge in [0.15, 0.2) is 6.29 Å². The molecule has 5 rings (SSSR count). The average Bonchev–Trinajstić information content (AvgIpc) is 3.30. The number of ether oxygens (including phenoxy) is 2. The Morgan fingerprint density at radius 1 is 0.951 bits per heavy atom. The fraction of sp³-hybridized carbons (Fsp3) is 0.943. The largest absolute Gasteiger partial charge is 0.394 e. The lowest BCUT2D eigenvalue weighted by Gasteiger charge is -2.58. The number of aliphatic hydroxyl groups excluding tert-OH is 4. The lowest BCUT2D eigenvalue weighted by Crippen LogP contribution is -2.60. The molecular weight excluding hydrogens is 516 g/mol. The van der Waals surface area contributed by atoms with Crippen molar-refractivity contribution in [2.45, 2.75) is 149 Å². The quantitative estimate of drug-likeness (QED) is 0.257. The van der Waals surface area contributed by atoms with E-state index in [1.165, 1.54) is 56.9 Å². The summed E-state index contributed by atoms with van der Waals surface area (Å²) in [7, 11) is 0. The predicted octanol–water partition coefficient (Wildman–Crippen LogP) is 5.85. The van der Waals surface area contributed by atoms with E-state index in [-0.39, 0.29) is 11.5 Å². The van der Waals surface area contributed by atoms with Crippen LogP contribution in [0.5, 0.6) is 0 Å². The van der Waals surface area contributed by atoms with Crippen molar-refractivity contribution in [2.24, 2.45) is 52.3 Å². The van der Waals surface area contributed by atoms with Crippen molar-refractivity contribution >= 4 is 0 Å². The van der Waals surface area contributed by atoms with Gasteiger partial charge in [0.05, 0.1) is 12.7 Å². The third kappa shape index (κ3) is 5.73. The molecule has 0 radical (unpaired) electrons. The summed E-state index contributed by atoms with van der Waals surface area (Å²) in [5.41, 5.74) is 2.19. The number of hydrogen-bond acceptors (Lipinski definition) is 6. The third-order valence-electron chi connectivity index (χ3n) is 13.5. The molecule has 4 N–H and O–H groups in total. The molecule has 0 aromatic carbocycles. The van der Waals surface area contributed by atoms with Crippen LogP contribution in [0.15, 0.2) is 11.6 Å². The van der Waals surface area contributed by atoms with Crippen LogP contribution in [0.25, 0.3) is 0 Å². The number of allylic oxidation sites excluding steroid dienone is 1. The molecule has 1 saturated heterocycles. The number of rotatable bonds is 9. The van der Waals surface area contributed by atoms with E-state index in [2.05, 4.69) is 47.6 Å². The van der Waals surface area contributed by atoms with Gasteiger partial charge < -0.3 is 29.9 Å². The molecule has 4 fully saturated rings. The minimum absolute atomic E-state index is 0.101. The van der Waals surface area contributed by atoms with Crippen LogP contribution in [0.1, 0.15) is 112 Å². The van der Waals surface area contributed by atoms with Crippen molar-refractivity contribution in [1.29, 1.82) is 0 Å². The fourth-order valence-electron chi connectivity index (χ4n) is 10.8. The lowest BCUT2D eigenvalue weighted by atomic mass is 9.47.